The van der Waals surface area contributed by atoms with E-state index in [2.05, 4.69) is 10.9 Å². The van der Waals surface area contributed by atoms with Gasteiger partial charge in [0.05, 0.1) is 13.0 Å². The Labute approximate surface area is 118 Å². The Kier molecular flexibility index (Phi) is 7.13. The zero-order chi connectivity index (χ0) is 14.8. The molecule has 0 radical (unpaired) electrons. The minimum Gasteiger partial charge on any atom is -0.484 e. The minimum absolute atomic E-state index is 0.158. The highest BCUT2D eigenvalue weighted by molar-refractivity contribution is 5.82. The molecule has 0 aliphatic rings. The van der Waals surface area contributed by atoms with Crippen molar-refractivity contribution >= 4 is 11.8 Å². The molecule has 0 aliphatic heterocycles. The molecular formula is C14H20N2O4. The molecule has 0 aromatic heterocycles. The van der Waals surface area contributed by atoms with Gasteiger partial charge in [0.1, 0.15) is 5.75 Å². The molecule has 0 heterocycles. The van der Waals surface area contributed by atoms with E-state index in [1.807, 2.05) is 32.0 Å². The van der Waals surface area contributed by atoms with E-state index in [4.69, 9.17) is 9.47 Å². The maximum atomic E-state index is 11.5. The maximum Gasteiger partial charge on any atom is 0.276 e. The fourth-order valence-corrected chi connectivity index (χ4v) is 1.40. The SMILES string of the molecule is CCOCCC(=O)NNC(=O)COc1cccc(C)c1. The van der Waals surface area contributed by atoms with Crippen LogP contribution in [0.2, 0.25) is 0 Å². The number of carbonyl (C=O) groups excluding carboxylic acids is 2. The second-order valence-electron chi connectivity index (χ2n) is 4.15. The molecule has 1 aromatic rings. The van der Waals surface area contributed by atoms with Crippen molar-refractivity contribution in [1.29, 1.82) is 0 Å². The molecule has 0 aliphatic carbocycles. The van der Waals surface area contributed by atoms with Crippen molar-refractivity contribution in [3.05, 3.63) is 29.8 Å². The molecule has 6 heteroatoms. The highest BCUT2D eigenvalue weighted by Gasteiger charge is 2.05. The summed E-state index contributed by atoms with van der Waals surface area (Å²) in [6.07, 6.45) is 0.201. The van der Waals surface area contributed by atoms with Gasteiger partial charge < -0.3 is 9.47 Å². The molecule has 0 saturated carbocycles. The molecule has 0 bridgehead atoms. The molecule has 2 N–H and O–H groups in total. The Morgan fingerprint density at radius 3 is 2.65 bits per heavy atom. The van der Waals surface area contributed by atoms with Crippen LogP contribution in [0.5, 0.6) is 5.75 Å². The van der Waals surface area contributed by atoms with Gasteiger partial charge in [-0.05, 0) is 31.5 Å². The van der Waals surface area contributed by atoms with E-state index in [0.717, 1.165) is 5.56 Å². The van der Waals surface area contributed by atoms with Gasteiger partial charge in [0, 0.05) is 6.61 Å². The fraction of sp³-hybridized carbons (Fsp3) is 0.429. The summed E-state index contributed by atoms with van der Waals surface area (Å²) in [5.74, 6) is -0.110. The number of rotatable bonds is 7. The van der Waals surface area contributed by atoms with Crippen LogP contribution in [0.3, 0.4) is 0 Å². The molecule has 6 nitrogen and oxygen atoms in total. The van der Waals surface area contributed by atoms with E-state index >= 15 is 0 Å². The summed E-state index contributed by atoms with van der Waals surface area (Å²) in [5, 5.41) is 0. The van der Waals surface area contributed by atoms with E-state index in [-0.39, 0.29) is 18.9 Å². The second-order valence-corrected chi connectivity index (χ2v) is 4.15. The highest BCUT2D eigenvalue weighted by Crippen LogP contribution is 2.11. The highest BCUT2D eigenvalue weighted by atomic mass is 16.5. The molecule has 1 aromatic carbocycles. The van der Waals surface area contributed by atoms with Gasteiger partial charge in [0.25, 0.3) is 5.91 Å². The third-order valence-corrected chi connectivity index (χ3v) is 2.38. The summed E-state index contributed by atoms with van der Waals surface area (Å²) in [6, 6.07) is 7.37. The zero-order valence-electron chi connectivity index (χ0n) is 11.8. The van der Waals surface area contributed by atoms with E-state index in [1.165, 1.54) is 0 Å². The van der Waals surface area contributed by atoms with Crippen LogP contribution in [-0.4, -0.2) is 31.6 Å². The normalized spacial score (nSPS) is 9.90. The van der Waals surface area contributed by atoms with Crippen molar-refractivity contribution < 1.29 is 19.1 Å². The van der Waals surface area contributed by atoms with E-state index in [1.54, 1.807) is 6.07 Å². The Morgan fingerprint density at radius 2 is 1.95 bits per heavy atom. The number of ether oxygens (including phenoxy) is 2. The van der Waals surface area contributed by atoms with Crippen molar-refractivity contribution in [2.24, 2.45) is 0 Å². The van der Waals surface area contributed by atoms with Gasteiger partial charge >= 0.3 is 0 Å². The molecular weight excluding hydrogens is 260 g/mol. The van der Waals surface area contributed by atoms with Crippen molar-refractivity contribution in [3.8, 4) is 5.75 Å². The van der Waals surface area contributed by atoms with Crippen molar-refractivity contribution in [2.75, 3.05) is 19.8 Å². The number of hydrazine groups is 1. The van der Waals surface area contributed by atoms with Crippen molar-refractivity contribution in [3.63, 3.8) is 0 Å². The molecule has 0 unspecified atom stereocenters. The van der Waals surface area contributed by atoms with Gasteiger partial charge in [-0.25, -0.2) is 0 Å². The number of amides is 2. The Bertz CT molecular complexity index is 449. The number of benzene rings is 1. The summed E-state index contributed by atoms with van der Waals surface area (Å²) in [7, 11) is 0. The van der Waals surface area contributed by atoms with Gasteiger partial charge in [0.15, 0.2) is 6.61 Å². The topological polar surface area (TPSA) is 76.7 Å². The number of aryl methyl sites for hydroxylation is 1. The molecule has 0 atom stereocenters. The van der Waals surface area contributed by atoms with Crippen LogP contribution in [0.1, 0.15) is 18.9 Å². The van der Waals surface area contributed by atoms with Crippen molar-refractivity contribution in [1.82, 2.24) is 10.9 Å². The summed E-state index contributed by atoms with van der Waals surface area (Å²) in [5.41, 5.74) is 5.61. The largest absolute Gasteiger partial charge is 0.484 e. The molecule has 1 rings (SSSR count). The lowest BCUT2D eigenvalue weighted by atomic mass is 10.2. The summed E-state index contributed by atoms with van der Waals surface area (Å²) in [4.78, 5) is 22.7. The fourth-order valence-electron chi connectivity index (χ4n) is 1.40. The van der Waals surface area contributed by atoms with Crippen LogP contribution in [-0.2, 0) is 14.3 Å². The van der Waals surface area contributed by atoms with Crippen LogP contribution in [0.4, 0.5) is 0 Å². The van der Waals surface area contributed by atoms with Gasteiger partial charge in [-0.1, -0.05) is 12.1 Å². The second kappa shape index (κ2) is 8.92. The monoisotopic (exact) mass is 280 g/mol. The summed E-state index contributed by atoms with van der Waals surface area (Å²) >= 11 is 0. The van der Waals surface area contributed by atoms with Gasteiger partial charge in [0.2, 0.25) is 5.91 Å². The Balaban J connectivity index is 2.19. The molecule has 20 heavy (non-hydrogen) atoms. The van der Waals surface area contributed by atoms with Crippen LogP contribution in [0, 0.1) is 6.92 Å². The smallest absolute Gasteiger partial charge is 0.276 e. The van der Waals surface area contributed by atoms with E-state index in [0.29, 0.717) is 19.0 Å². The van der Waals surface area contributed by atoms with Gasteiger partial charge in [-0.3, -0.25) is 20.4 Å². The van der Waals surface area contributed by atoms with E-state index < -0.39 is 5.91 Å². The maximum absolute atomic E-state index is 11.5. The molecule has 0 spiro atoms. The molecule has 0 fully saturated rings. The average molecular weight is 280 g/mol. The number of carbonyl (C=O) groups is 2. The van der Waals surface area contributed by atoms with Gasteiger partial charge in [-0.15, -0.1) is 0 Å². The minimum atomic E-state index is -0.420. The van der Waals surface area contributed by atoms with Crippen LogP contribution < -0.4 is 15.6 Å². The first kappa shape index (κ1) is 16.0. The predicted octanol–water partition coefficient (Wildman–Crippen LogP) is 0.948. The lowest BCUT2D eigenvalue weighted by molar-refractivity contribution is -0.130. The summed E-state index contributed by atoms with van der Waals surface area (Å²) in [6.45, 7) is 4.52. The van der Waals surface area contributed by atoms with Crippen LogP contribution >= 0.6 is 0 Å². The molecule has 110 valence electrons. The number of hydrogen-bond acceptors (Lipinski definition) is 4. The first-order valence-electron chi connectivity index (χ1n) is 6.46. The standard InChI is InChI=1S/C14H20N2O4/c1-3-19-8-7-13(17)15-16-14(18)10-20-12-6-4-5-11(2)9-12/h4-6,9H,3,7-8,10H2,1-2H3,(H,15,17)(H,16,18). The van der Waals surface area contributed by atoms with E-state index in [9.17, 15) is 9.59 Å². The lowest BCUT2D eigenvalue weighted by Crippen LogP contribution is -2.44. The average Bonchev–Trinajstić information content (AvgIpc) is 2.43. The predicted molar refractivity (Wildman–Crippen MR) is 74.1 cm³/mol. The lowest BCUT2D eigenvalue weighted by Gasteiger charge is -2.09. The molecule has 0 saturated heterocycles. The third-order valence-electron chi connectivity index (χ3n) is 2.38. The van der Waals surface area contributed by atoms with Crippen LogP contribution in [0.25, 0.3) is 0 Å². The Hall–Kier alpha value is -2.08. The third kappa shape index (κ3) is 6.75. The first-order chi connectivity index (χ1) is 9.61. The van der Waals surface area contributed by atoms with Crippen LogP contribution in [0.15, 0.2) is 24.3 Å². The molecule has 2 amide bonds. The van der Waals surface area contributed by atoms with Crippen molar-refractivity contribution in [2.45, 2.75) is 20.3 Å². The first-order valence-corrected chi connectivity index (χ1v) is 6.46. The van der Waals surface area contributed by atoms with Gasteiger partial charge in [-0.2, -0.15) is 0 Å². The Morgan fingerprint density at radius 1 is 1.20 bits per heavy atom. The summed E-state index contributed by atoms with van der Waals surface area (Å²) < 4.78 is 10.3. The zero-order valence-corrected chi connectivity index (χ0v) is 11.8. The number of nitrogens with one attached hydrogen (secondary N) is 2. The quantitative estimate of drug-likeness (QED) is 0.576. The number of hydrogen-bond donors (Lipinski definition) is 2.